The summed E-state index contributed by atoms with van der Waals surface area (Å²) in [5, 5.41) is 0. The smallest absolute Gasteiger partial charge is 0.347 e. The molecular weight excluding hydrogens is 528 g/mol. The molecule has 0 bridgehead atoms. The Morgan fingerprint density at radius 2 is 1.17 bits per heavy atom. The number of hydrogen-bond acceptors (Lipinski definition) is 6. The van der Waals surface area contributed by atoms with Gasteiger partial charge in [-0.3, -0.25) is 0 Å². The molecule has 3 aromatic rings. The summed E-state index contributed by atoms with van der Waals surface area (Å²) in [7, 11) is 0. The average molecular weight is 575 g/mol. The van der Waals surface area contributed by atoms with E-state index in [0.29, 0.717) is 17.1 Å². The van der Waals surface area contributed by atoms with Crippen molar-refractivity contribution in [1.29, 1.82) is 0 Å². The molecule has 3 aromatic carbocycles. The highest BCUT2D eigenvalue weighted by Crippen LogP contribution is 2.24. The molecule has 0 aromatic heterocycles. The van der Waals surface area contributed by atoms with Crippen LogP contribution in [0.15, 0.2) is 72.8 Å². The minimum absolute atomic E-state index is 0.107. The van der Waals surface area contributed by atoms with Gasteiger partial charge in [-0.15, -0.1) is 0 Å². The van der Waals surface area contributed by atoms with E-state index in [-0.39, 0.29) is 6.10 Å². The Kier molecular flexibility index (Phi) is 13.9. The molecule has 3 rings (SSSR count). The minimum atomic E-state index is -0.740. The highest BCUT2D eigenvalue weighted by atomic mass is 16.6. The third-order valence-electron chi connectivity index (χ3n) is 7.20. The molecule has 0 N–H and O–H groups in total. The fourth-order valence-electron chi connectivity index (χ4n) is 4.51. The number of unbranched alkanes of at least 4 members (excludes halogenated alkanes) is 6. The van der Waals surface area contributed by atoms with Crippen LogP contribution in [-0.2, 0) is 9.53 Å². The molecule has 0 aliphatic carbocycles. The van der Waals surface area contributed by atoms with Crippen LogP contribution < -0.4 is 14.2 Å². The lowest BCUT2D eigenvalue weighted by Crippen LogP contribution is -2.29. The summed E-state index contributed by atoms with van der Waals surface area (Å²) in [6.45, 7) is 8.60. The van der Waals surface area contributed by atoms with Gasteiger partial charge in [-0.25, -0.2) is 9.59 Å². The lowest BCUT2D eigenvalue weighted by molar-refractivity contribution is -0.157. The van der Waals surface area contributed by atoms with Crippen molar-refractivity contribution in [2.24, 2.45) is 0 Å². The number of benzene rings is 3. The lowest BCUT2D eigenvalue weighted by atomic mass is 10.0. The standard InChI is InChI=1S/C36H46O6/c1-5-8-9-10-11-12-13-26-39-32-20-18-29(19-21-32)28-14-16-30(17-15-28)36(38)42-34-24-22-33(23-25-34)40-27(4)35(37)41-31(6-2)7-3/h14-25,27,31H,5-13,26H2,1-4H3/t27-/m1/s1. The molecule has 6 nitrogen and oxygen atoms in total. The second kappa shape index (κ2) is 17.9. The number of carbonyl (C=O) groups is 2. The van der Waals surface area contributed by atoms with Crippen LogP contribution in [0.25, 0.3) is 11.1 Å². The highest BCUT2D eigenvalue weighted by molar-refractivity contribution is 5.91. The molecular formula is C36H46O6. The van der Waals surface area contributed by atoms with Gasteiger partial charge in [0, 0.05) is 0 Å². The van der Waals surface area contributed by atoms with Crippen molar-refractivity contribution in [3.63, 3.8) is 0 Å². The van der Waals surface area contributed by atoms with Gasteiger partial charge in [-0.05, 0) is 85.8 Å². The normalized spacial score (nSPS) is 11.6. The van der Waals surface area contributed by atoms with Crippen LogP contribution in [0.5, 0.6) is 17.2 Å². The number of rotatable bonds is 18. The zero-order valence-corrected chi connectivity index (χ0v) is 25.6. The van der Waals surface area contributed by atoms with Crippen LogP contribution in [0, 0.1) is 0 Å². The molecule has 42 heavy (non-hydrogen) atoms. The molecule has 1 atom stereocenters. The molecule has 0 amide bonds. The summed E-state index contributed by atoms with van der Waals surface area (Å²) in [4.78, 5) is 24.9. The molecule has 0 heterocycles. The molecule has 0 aliphatic rings. The molecule has 0 saturated carbocycles. The van der Waals surface area contributed by atoms with E-state index in [1.807, 2.05) is 50.2 Å². The maximum absolute atomic E-state index is 12.7. The Hall–Kier alpha value is -3.80. The molecule has 0 aliphatic heterocycles. The van der Waals surface area contributed by atoms with Crippen molar-refractivity contribution in [3.8, 4) is 28.4 Å². The zero-order valence-electron chi connectivity index (χ0n) is 25.6. The predicted molar refractivity (Wildman–Crippen MR) is 167 cm³/mol. The Bertz CT molecular complexity index is 1200. The van der Waals surface area contributed by atoms with Crippen LogP contribution in [-0.4, -0.2) is 30.8 Å². The minimum Gasteiger partial charge on any atom is -0.494 e. The molecule has 0 spiro atoms. The summed E-state index contributed by atoms with van der Waals surface area (Å²) in [5.74, 6) is 0.896. The fourth-order valence-corrected chi connectivity index (χ4v) is 4.51. The highest BCUT2D eigenvalue weighted by Gasteiger charge is 2.20. The summed E-state index contributed by atoms with van der Waals surface area (Å²) in [6.07, 6.45) is 9.53. The van der Waals surface area contributed by atoms with E-state index >= 15 is 0 Å². The van der Waals surface area contributed by atoms with E-state index < -0.39 is 18.0 Å². The molecule has 0 saturated heterocycles. The predicted octanol–water partition coefficient (Wildman–Crippen LogP) is 9.20. The lowest BCUT2D eigenvalue weighted by Gasteiger charge is -2.18. The monoisotopic (exact) mass is 574 g/mol. The Labute approximate surface area is 251 Å². The van der Waals surface area contributed by atoms with Gasteiger partial charge >= 0.3 is 11.9 Å². The van der Waals surface area contributed by atoms with E-state index in [1.165, 1.54) is 38.5 Å². The third-order valence-corrected chi connectivity index (χ3v) is 7.20. The van der Waals surface area contributed by atoms with Crippen molar-refractivity contribution in [1.82, 2.24) is 0 Å². The van der Waals surface area contributed by atoms with E-state index in [1.54, 1.807) is 43.3 Å². The molecule has 0 unspecified atom stereocenters. The quantitative estimate of drug-likeness (QED) is 0.0857. The van der Waals surface area contributed by atoms with Crippen molar-refractivity contribution in [2.75, 3.05) is 6.61 Å². The molecule has 0 radical (unpaired) electrons. The first-order valence-corrected chi connectivity index (χ1v) is 15.5. The van der Waals surface area contributed by atoms with Gasteiger partial charge in [0.05, 0.1) is 12.2 Å². The van der Waals surface area contributed by atoms with Gasteiger partial charge in [-0.1, -0.05) is 83.6 Å². The van der Waals surface area contributed by atoms with Gasteiger partial charge < -0.3 is 18.9 Å². The first-order valence-electron chi connectivity index (χ1n) is 15.5. The van der Waals surface area contributed by atoms with Crippen LogP contribution in [0.4, 0.5) is 0 Å². The van der Waals surface area contributed by atoms with Crippen LogP contribution in [0.1, 0.15) is 95.8 Å². The summed E-state index contributed by atoms with van der Waals surface area (Å²) in [5.41, 5.74) is 2.50. The first kappa shape index (κ1) is 32.7. The Balaban J connectivity index is 1.44. The molecule has 6 heteroatoms. The number of carbonyl (C=O) groups excluding carboxylic acids is 2. The third kappa shape index (κ3) is 10.9. The van der Waals surface area contributed by atoms with Crippen molar-refractivity contribution < 1.29 is 28.5 Å². The van der Waals surface area contributed by atoms with E-state index in [4.69, 9.17) is 18.9 Å². The molecule has 226 valence electrons. The molecule has 0 fully saturated rings. The SMILES string of the molecule is CCCCCCCCCOc1ccc(-c2ccc(C(=O)Oc3ccc(O[C@H](C)C(=O)OC(CC)CC)cc3)cc2)cc1. The van der Waals surface area contributed by atoms with Gasteiger partial charge in [0.1, 0.15) is 23.4 Å². The van der Waals surface area contributed by atoms with Gasteiger partial charge in [0.25, 0.3) is 0 Å². The number of hydrogen-bond donors (Lipinski definition) is 0. The first-order chi connectivity index (χ1) is 20.4. The van der Waals surface area contributed by atoms with E-state index in [0.717, 1.165) is 42.7 Å². The van der Waals surface area contributed by atoms with E-state index in [2.05, 4.69) is 6.92 Å². The van der Waals surface area contributed by atoms with Crippen molar-refractivity contribution in [3.05, 3.63) is 78.4 Å². The summed E-state index contributed by atoms with van der Waals surface area (Å²) >= 11 is 0. The maximum atomic E-state index is 12.7. The number of ether oxygens (including phenoxy) is 4. The topological polar surface area (TPSA) is 71.1 Å². The van der Waals surface area contributed by atoms with Crippen LogP contribution >= 0.6 is 0 Å². The van der Waals surface area contributed by atoms with Gasteiger partial charge in [-0.2, -0.15) is 0 Å². The van der Waals surface area contributed by atoms with Gasteiger partial charge in [0.15, 0.2) is 6.10 Å². The summed E-state index contributed by atoms with van der Waals surface area (Å²) < 4.78 is 22.6. The largest absolute Gasteiger partial charge is 0.494 e. The van der Waals surface area contributed by atoms with Crippen LogP contribution in [0.2, 0.25) is 0 Å². The van der Waals surface area contributed by atoms with Crippen LogP contribution in [0.3, 0.4) is 0 Å². The summed E-state index contributed by atoms with van der Waals surface area (Å²) in [6, 6.07) is 22.0. The second-order valence-corrected chi connectivity index (χ2v) is 10.6. The zero-order chi connectivity index (χ0) is 30.2. The van der Waals surface area contributed by atoms with Crippen molar-refractivity contribution in [2.45, 2.75) is 97.7 Å². The second-order valence-electron chi connectivity index (χ2n) is 10.6. The van der Waals surface area contributed by atoms with E-state index in [9.17, 15) is 9.59 Å². The average Bonchev–Trinajstić information content (AvgIpc) is 3.02. The van der Waals surface area contributed by atoms with Gasteiger partial charge in [0.2, 0.25) is 0 Å². The fraction of sp³-hybridized carbons (Fsp3) is 0.444. The Morgan fingerprint density at radius 1 is 0.643 bits per heavy atom. The van der Waals surface area contributed by atoms with Crippen molar-refractivity contribution >= 4 is 11.9 Å². The Morgan fingerprint density at radius 3 is 1.76 bits per heavy atom. The maximum Gasteiger partial charge on any atom is 0.347 e. The number of esters is 2.